The summed E-state index contributed by atoms with van der Waals surface area (Å²) in [4.78, 5) is 0. The number of rotatable bonds is 3. The molecule has 0 aliphatic carbocycles. The lowest BCUT2D eigenvalue weighted by molar-refractivity contribution is 1.27. The van der Waals surface area contributed by atoms with E-state index in [1.54, 1.807) is 0 Å². The smallest absolute Gasteiger partial charge is 0.00660 e. The summed E-state index contributed by atoms with van der Waals surface area (Å²) < 4.78 is 0. The highest BCUT2D eigenvalue weighted by atomic mass is 79.9. The van der Waals surface area contributed by atoms with Gasteiger partial charge in [0.05, 0.1) is 0 Å². The fraction of sp³-hybridized carbons (Fsp3) is 0.143. The number of halogens is 1. The Kier molecular flexibility index (Phi) is 3.57. The van der Waals surface area contributed by atoms with Gasteiger partial charge >= 0.3 is 0 Å². The summed E-state index contributed by atoms with van der Waals surface area (Å²) in [5.74, 6) is 0. The van der Waals surface area contributed by atoms with Crippen LogP contribution in [-0.2, 0) is 0 Å². The Morgan fingerprint density at radius 1 is 1.00 bits per heavy atom. The van der Waals surface area contributed by atoms with Gasteiger partial charge in [-0.3, -0.25) is 0 Å². The van der Waals surface area contributed by atoms with Gasteiger partial charge in [0.25, 0.3) is 0 Å². The van der Waals surface area contributed by atoms with E-state index >= 15 is 0 Å². The van der Waals surface area contributed by atoms with Crippen molar-refractivity contribution < 1.29 is 0 Å². The molecule has 0 heterocycles. The second kappa shape index (κ2) is 5.13. The maximum atomic E-state index is 3.41. The van der Waals surface area contributed by atoms with Crippen molar-refractivity contribution in [3.8, 4) is 0 Å². The van der Waals surface area contributed by atoms with Crippen LogP contribution >= 0.6 is 15.9 Å². The molecule has 2 aromatic rings. The molecule has 0 atom stereocenters. The summed E-state index contributed by atoms with van der Waals surface area (Å²) in [6, 6.07) is 15.0. The van der Waals surface area contributed by atoms with Gasteiger partial charge in [-0.25, -0.2) is 0 Å². The van der Waals surface area contributed by atoms with Gasteiger partial charge in [0.15, 0.2) is 0 Å². The largest absolute Gasteiger partial charge is 0.0925 e. The molecule has 76 valence electrons. The van der Waals surface area contributed by atoms with Gasteiger partial charge in [-0.15, -0.1) is 0 Å². The number of fused-ring (bicyclic) bond motifs is 1. The maximum absolute atomic E-state index is 3.41. The number of alkyl halides is 1. The average molecular weight is 261 g/mol. The van der Waals surface area contributed by atoms with Gasteiger partial charge in [-0.2, -0.15) is 0 Å². The fourth-order valence-corrected chi connectivity index (χ4v) is 1.86. The van der Waals surface area contributed by atoms with Crippen LogP contribution in [-0.4, -0.2) is 5.33 Å². The highest BCUT2D eigenvalue weighted by Crippen LogP contribution is 2.16. The van der Waals surface area contributed by atoms with Crippen LogP contribution in [0.15, 0.2) is 48.5 Å². The van der Waals surface area contributed by atoms with Crippen molar-refractivity contribution in [2.24, 2.45) is 0 Å². The van der Waals surface area contributed by atoms with E-state index < -0.39 is 0 Å². The molecule has 0 N–H and O–H groups in total. The Labute approximate surface area is 98.8 Å². The molecule has 0 aromatic heterocycles. The molecule has 2 rings (SSSR count). The lowest BCUT2D eigenvalue weighted by atomic mass is 10.1. The third kappa shape index (κ3) is 2.69. The lowest BCUT2D eigenvalue weighted by Gasteiger charge is -1.98. The summed E-state index contributed by atoms with van der Waals surface area (Å²) in [5.41, 5.74) is 1.27. The average Bonchev–Trinajstić information content (AvgIpc) is 2.29. The Morgan fingerprint density at radius 2 is 1.80 bits per heavy atom. The van der Waals surface area contributed by atoms with Gasteiger partial charge < -0.3 is 0 Å². The Bertz CT molecular complexity index is 471. The highest BCUT2D eigenvalue weighted by Gasteiger charge is 1.92. The van der Waals surface area contributed by atoms with Crippen LogP contribution in [0.25, 0.3) is 16.8 Å². The monoisotopic (exact) mass is 260 g/mol. The zero-order chi connectivity index (χ0) is 10.5. The normalized spacial score (nSPS) is 11.3. The molecule has 0 aliphatic heterocycles. The van der Waals surface area contributed by atoms with E-state index in [0.29, 0.717) is 0 Å². The minimum atomic E-state index is 1.02. The molecule has 0 nitrogen and oxygen atoms in total. The number of benzene rings is 2. The van der Waals surface area contributed by atoms with Crippen LogP contribution in [0, 0.1) is 0 Å². The number of hydrogen-bond acceptors (Lipinski definition) is 0. The van der Waals surface area contributed by atoms with Gasteiger partial charge in [0, 0.05) is 5.33 Å². The van der Waals surface area contributed by atoms with Gasteiger partial charge in [-0.05, 0) is 28.8 Å². The number of hydrogen-bond donors (Lipinski definition) is 0. The Morgan fingerprint density at radius 3 is 2.60 bits per heavy atom. The van der Waals surface area contributed by atoms with Crippen molar-refractivity contribution in [3.05, 3.63) is 54.1 Å². The molecule has 0 unspecified atom stereocenters. The van der Waals surface area contributed by atoms with E-state index in [2.05, 4.69) is 70.5 Å². The zero-order valence-electron chi connectivity index (χ0n) is 8.49. The molecule has 15 heavy (non-hydrogen) atoms. The molecule has 0 amide bonds. The Balaban J connectivity index is 2.30. The van der Waals surface area contributed by atoms with Crippen LogP contribution in [0.1, 0.15) is 12.0 Å². The van der Waals surface area contributed by atoms with Crippen molar-refractivity contribution in [1.82, 2.24) is 0 Å². The Hall–Kier alpha value is -1.08. The van der Waals surface area contributed by atoms with Crippen LogP contribution in [0.3, 0.4) is 0 Å². The molecular formula is C14H13Br. The zero-order valence-corrected chi connectivity index (χ0v) is 10.1. The number of allylic oxidation sites excluding steroid dienone is 1. The molecule has 0 spiro atoms. The van der Waals surface area contributed by atoms with E-state index in [-0.39, 0.29) is 0 Å². The molecule has 0 fully saturated rings. The van der Waals surface area contributed by atoms with E-state index in [1.165, 1.54) is 16.3 Å². The minimum absolute atomic E-state index is 1.02. The first-order valence-corrected chi connectivity index (χ1v) is 6.23. The van der Waals surface area contributed by atoms with Crippen molar-refractivity contribution in [1.29, 1.82) is 0 Å². The van der Waals surface area contributed by atoms with Crippen LogP contribution in [0.5, 0.6) is 0 Å². The van der Waals surface area contributed by atoms with Crippen LogP contribution in [0.2, 0.25) is 0 Å². The first-order chi connectivity index (χ1) is 7.40. The maximum Gasteiger partial charge on any atom is 0.00660 e. The molecule has 0 saturated heterocycles. The molecule has 1 heteroatoms. The van der Waals surface area contributed by atoms with Gasteiger partial charge in [0.2, 0.25) is 0 Å². The predicted molar refractivity (Wildman–Crippen MR) is 71.4 cm³/mol. The van der Waals surface area contributed by atoms with Gasteiger partial charge in [0.1, 0.15) is 0 Å². The molecule has 0 saturated carbocycles. The van der Waals surface area contributed by atoms with Crippen LogP contribution in [0.4, 0.5) is 0 Å². The first-order valence-electron chi connectivity index (χ1n) is 5.11. The molecule has 2 aromatic carbocycles. The quantitative estimate of drug-likeness (QED) is 0.706. The third-order valence-electron chi connectivity index (χ3n) is 2.36. The van der Waals surface area contributed by atoms with Crippen molar-refractivity contribution in [2.75, 3.05) is 5.33 Å². The van der Waals surface area contributed by atoms with Crippen molar-refractivity contribution >= 4 is 32.8 Å². The first kappa shape index (κ1) is 10.4. The summed E-state index contributed by atoms with van der Waals surface area (Å²) in [6.07, 6.45) is 5.44. The fourth-order valence-electron chi connectivity index (χ4n) is 1.59. The third-order valence-corrected chi connectivity index (χ3v) is 2.82. The van der Waals surface area contributed by atoms with E-state index in [9.17, 15) is 0 Å². The van der Waals surface area contributed by atoms with Crippen molar-refractivity contribution in [2.45, 2.75) is 6.42 Å². The van der Waals surface area contributed by atoms with E-state index in [0.717, 1.165) is 11.8 Å². The van der Waals surface area contributed by atoms with E-state index in [4.69, 9.17) is 0 Å². The molecule has 0 radical (unpaired) electrons. The molecule has 0 bridgehead atoms. The van der Waals surface area contributed by atoms with E-state index in [1.807, 2.05) is 0 Å². The second-order valence-corrected chi connectivity index (χ2v) is 4.28. The highest BCUT2D eigenvalue weighted by molar-refractivity contribution is 9.09. The standard InChI is InChI=1S/C14H13Br/c15-10-4-3-5-12-8-9-13-6-1-2-7-14(13)11-12/h1-3,5-9,11H,4,10H2. The van der Waals surface area contributed by atoms with Crippen LogP contribution < -0.4 is 0 Å². The van der Waals surface area contributed by atoms with Gasteiger partial charge in [-0.1, -0.05) is 64.5 Å². The molecular weight excluding hydrogens is 248 g/mol. The predicted octanol–water partition coefficient (Wildman–Crippen LogP) is 4.64. The summed E-state index contributed by atoms with van der Waals surface area (Å²) >= 11 is 3.41. The topological polar surface area (TPSA) is 0 Å². The van der Waals surface area contributed by atoms with Crippen molar-refractivity contribution in [3.63, 3.8) is 0 Å². The summed E-state index contributed by atoms with van der Waals surface area (Å²) in [6.45, 7) is 0. The lowest BCUT2D eigenvalue weighted by Crippen LogP contribution is -1.75. The summed E-state index contributed by atoms with van der Waals surface area (Å²) in [5, 5.41) is 3.63. The molecule has 0 aliphatic rings. The summed E-state index contributed by atoms with van der Waals surface area (Å²) in [7, 11) is 0. The SMILES string of the molecule is BrCCC=Cc1ccc2ccccc2c1. The second-order valence-electron chi connectivity index (χ2n) is 3.49. The minimum Gasteiger partial charge on any atom is -0.0925 e.